The molecular formula is C23H22ClN5O2. The van der Waals surface area contributed by atoms with Gasteiger partial charge in [0.15, 0.2) is 5.52 Å². The van der Waals surface area contributed by atoms with E-state index in [1.807, 2.05) is 51.1 Å². The molecule has 0 aliphatic heterocycles. The van der Waals surface area contributed by atoms with Crippen LogP contribution in [0.4, 0.5) is 5.69 Å². The van der Waals surface area contributed by atoms with Gasteiger partial charge in [0.05, 0.1) is 22.5 Å². The average molecular weight is 436 g/mol. The van der Waals surface area contributed by atoms with Gasteiger partial charge in [-0.3, -0.25) is 9.59 Å². The molecule has 31 heavy (non-hydrogen) atoms. The zero-order valence-corrected chi connectivity index (χ0v) is 18.4. The second-order valence-electron chi connectivity index (χ2n) is 7.47. The van der Waals surface area contributed by atoms with Crippen LogP contribution in [0.3, 0.4) is 0 Å². The zero-order valence-electron chi connectivity index (χ0n) is 17.7. The Morgan fingerprint density at radius 2 is 1.74 bits per heavy atom. The second-order valence-corrected chi connectivity index (χ2v) is 7.88. The van der Waals surface area contributed by atoms with E-state index in [1.165, 1.54) is 4.68 Å². The van der Waals surface area contributed by atoms with Crippen LogP contribution in [-0.4, -0.2) is 25.5 Å². The van der Waals surface area contributed by atoms with E-state index < -0.39 is 11.6 Å². The minimum atomic E-state index is -0.837. The summed E-state index contributed by atoms with van der Waals surface area (Å²) in [6, 6.07) is 14.0. The van der Waals surface area contributed by atoms with E-state index in [0.29, 0.717) is 21.8 Å². The van der Waals surface area contributed by atoms with Crippen molar-refractivity contribution in [3.05, 3.63) is 80.9 Å². The predicted octanol–water partition coefficient (Wildman–Crippen LogP) is 4.36. The Hall–Kier alpha value is -3.45. The molecule has 158 valence electrons. The van der Waals surface area contributed by atoms with Crippen molar-refractivity contribution in [1.29, 1.82) is 0 Å². The molecule has 0 aliphatic rings. The van der Waals surface area contributed by atoms with Crippen LogP contribution in [0.15, 0.2) is 53.3 Å². The smallest absolute Gasteiger partial charge is 0.295 e. The first-order valence-electron chi connectivity index (χ1n) is 9.89. The van der Waals surface area contributed by atoms with Gasteiger partial charge in [0.1, 0.15) is 6.04 Å². The van der Waals surface area contributed by atoms with Gasteiger partial charge in [-0.1, -0.05) is 35.9 Å². The summed E-state index contributed by atoms with van der Waals surface area (Å²) in [5.41, 5.74) is 3.53. The van der Waals surface area contributed by atoms with Crippen LogP contribution < -0.4 is 10.9 Å². The molecule has 1 amide bonds. The number of hydrogen-bond acceptors (Lipinski definition) is 4. The van der Waals surface area contributed by atoms with Crippen molar-refractivity contribution in [2.75, 3.05) is 5.32 Å². The number of nitrogens with zero attached hydrogens (tertiary/aromatic N) is 4. The number of amides is 1. The fourth-order valence-corrected chi connectivity index (χ4v) is 3.80. The summed E-state index contributed by atoms with van der Waals surface area (Å²) >= 11 is 6.14. The number of carbonyl (C=O) groups excluding carboxylic acids is 1. The number of carbonyl (C=O) groups is 1. The maximum absolute atomic E-state index is 13.2. The lowest BCUT2D eigenvalue weighted by Crippen LogP contribution is -2.34. The van der Waals surface area contributed by atoms with Gasteiger partial charge in [-0.15, -0.1) is 0 Å². The fourth-order valence-electron chi connectivity index (χ4n) is 3.62. The van der Waals surface area contributed by atoms with E-state index in [4.69, 9.17) is 11.6 Å². The third-order valence-electron chi connectivity index (χ3n) is 5.42. The summed E-state index contributed by atoms with van der Waals surface area (Å²) in [5, 5.41) is 13.1. The third-order valence-corrected chi connectivity index (χ3v) is 5.83. The number of rotatable bonds is 4. The Labute approximate surface area is 184 Å². The van der Waals surface area contributed by atoms with Gasteiger partial charge in [0.25, 0.3) is 5.56 Å². The molecule has 1 atom stereocenters. The molecule has 0 aliphatic carbocycles. The molecule has 0 fully saturated rings. The van der Waals surface area contributed by atoms with Crippen LogP contribution in [-0.2, 0) is 4.79 Å². The number of para-hydroxylation sites is 1. The third kappa shape index (κ3) is 3.61. The molecule has 0 saturated carbocycles. The first-order valence-corrected chi connectivity index (χ1v) is 10.3. The lowest BCUT2D eigenvalue weighted by atomic mass is 10.2. The summed E-state index contributed by atoms with van der Waals surface area (Å²) < 4.78 is 2.92. The van der Waals surface area contributed by atoms with E-state index in [1.54, 1.807) is 29.8 Å². The average Bonchev–Trinajstić information content (AvgIpc) is 3.12. The summed E-state index contributed by atoms with van der Waals surface area (Å²) in [7, 11) is 0. The molecule has 2 aromatic carbocycles. The van der Waals surface area contributed by atoms with Crippen molar-refractivity contribution in [3.63, 3.8) is 0 Å². The molecule has 8 heteroatoms. The van der Waals surface area contributed by atoms with Crippen LogP contribution in [0.1, 0.15) is 29.9 Å². The number of hydrogen-bond donors (Lipinski definition) is 1. The molecule has 2 heterocycles. The van der Waals surface area contributed by atoms with Crippen molar-refractivity contribution in [2.24, 2.45) is 0 Å². The Bertz CT molecular complexity index is 1360. The predicted molar refractivity (Wildman–Crippen MR) is 122 cm³/mol. The first-order chi connectivity index (χ1) is 14.8. The van der Waals surface area contributed by atoms with Crippen LogP contribution >= 0.6 is 11.6 Å². The van der Waals surface area contributed by atoms with Gasteiger partial charge in [-0.25, -0.2) is 9.36 Å². The van der Waals surface area contributed by atoms with E-state index in [-0.39, 0.29) is 11.4 Å². The van der Waals surface area contributed by atoms with Crippen molar-refractivity contribution in [1.82, 2.24) is 19.6 Å². The van der Waals surface area contributed by atoms with E-state index in [2.05, 4.69) is 15.5 Å². The second kappa shape index (κ2) is 8.00. The number of benzene rings is 2. The fraction of sp³-hybridized carbons (Fsp3) is 0.217. The van der Waals surface area contributed by atoms with Crippen LogP contribution in [0.2, 0.25) is 5.02 Å². The maximum Gasteiger partial charge on any atom is 0.295 e. The molecule has 0 saturated heterocycles. The Kier molecular flexibility index (Phi) is 5.37. The zero-order chi connectivity index (χ0) is 22.3. The molecule has 4 aromatic rings. The minimum Gasteiger partial charge on any atom is -0.324 e. The first kappa shape index (κ1) is 20.8. The van der Waals surface area contributed by atoms with Gasteiger partial charge in [-0.05, 0) is 57.5 Å². The van der Waals surface area contributed by atoms with E-state index >= 15 is 0 Å². The highest BCUT2D eigenvalue weighted by atomic mass is 35.5. The molecule has 2 aromatic heterocycles. The monoisotopic (exact) mass is 435 g/mol. The Morgan fingerprint density at radius 1 is 1.03 bits per heavy atom. The summed E-state index contributed by atoms with van der Waals surface area (Å²) in [4.78, 5) is 26.1. The standard InChI is InChI=1S/C23H22ClN5O2/c1-13-18(24)11-8-12-19(13)25-22(30)16(4)29-23(31)21-20(14(2)26-29)15(3)28(27-21)17-9-6-5-7-10-17/h5-12,16H,1-4H3,(H,25,30)/t16-/m1/s1. The van der Waals surface area contributed by atoms with Crippen molar-refractivity contribution < 1.29 is 4.79 Å². The van der Waals surface area contributed by atoms with E-state index in [9.17, 15) is 9.59 Å². The van der Waals surface area contributed by atoms with E-state index in [0.717, 1.165) is 16.9 Å². The lowest BCUT2D eigenvalue weighted by molar-refractivity contribution is -0.119. The number of aryl methyl sites for hydroxylation is 2. The van der Waals surface area contributed by atoms with Crippen molar-refractivity contribution >= 4 is 34.1 Å². The molecule has 0 bridgehead atoms. The summed E-state index contributed by atoms with van der Waals surface area (Å²) in [5.74, 6) is -0.363. The van der Waals surface area contributed by atoms with Gasteiger partial charge < -0.3 is 5.32 Å². The highest BCUT2D eigenvalue weighted by Gasteiger charge is 2.23. The molecular weight excluding hydrogens is 414 g/mol. The quantitative estimate of drug-likeness (QED) is 0.516. The highest BCUT2D eigenvalue weighted by Crippen LogP contribution is 2.24. The number of anilines is 1. The largest absolute Gasteiger partial charge is 0.324 e. The summed E-state index contributed by atoms with van der Waals surface area (Å²) in [6.45, 7) is 7.17. The number of nitrogens with one attached hydrogen (secondary N) is 1. The molecule has 1 N–H and O–H groups in total. The van der Waals surface area contributed by atoms with Crippen molar-refractivity contribution in [3.8, 4) is 5.69 Å². The van der Waals surface area contributed by atoms with Gasteiger partial charge in [0, 0.05) is 10.7 Å². The minimum absolute atomic E-state index is 0.285. The molecule has 4 rings (SSSR count). The number of fused-ring (bicyclic) bond motifs is 1. The number of halogens is 1. The SMILES string of the molecule is Cc1c(Cl)cccc1NC(=O)[C@@H](C)n1nc(C)c2c(C)n(-c3ccccc3)nc2c1=O. The lowest BCUT2D eigenvalue weighted by Gasteiger charge is -2.16. The topological polar surface area (TPSA) is 81.8 Å². The molecule has 0 spiro atoms. The van der Waals surface area contributed by atoms with Crippen LogP contribution in [0.5, 0.6) is 0 Å². The molecule has 0 radical (unpaired) electrons. The van der Waals surface area contributed by atoms with Gasteiger partial charge >= 0.3 is 0 Å². The van der Waals surface area contributed by atoms with Crippen LogP contribution in [0.25, 0.3) is 16.6 Å². The molecule has 7 nitrogen and oxygen atoms in total. The van der Waals surface area contributed by atoms with Crippen molar-refractivity contribution in [2.45, 2.75) is 33.7 Å². The normalized spacial score (nSPS) is 12.2. The summed E-state index contributed by atoms with van der Waals surface area (Å²) in [6.07, 6.45) is 0. The van der Waals surface area contributed by atoms with Gasteiger partial charge in [-0.2, -0.15) is 10.2 Å². The van der Waals surface area contributed by atoms with Crippen LogP contribution in [0, 0.1) is 20.8 Å². The Balaban J connectivity index is 1.76. The van der Waals surface area contributed by atoms with Gasteiger partial charge in [0.2, 0.25) is 5.91 Å². The maximum atomic E-state index is 13.2. The molecule has 0 unspecified atom stereocenters. The highest BCUT2D eigenvalue weighted by molar-refractivity contribution is 6.31. The Morgan fingerprint density at radius 3 is 2.45 bits per heavy atom. The number of aromatic nitrogens is 4.